The summed E-state index contributed by atoms with van der Waals surface area (Å²) in [5.41, 5.74) is 2.67. The fourth-order valence-corrected chi connectivity index (χ4v) is 3.09. The van der Waals surface area contributed by atoms with Gasteiger partial charge in [0.15, 0.2) is 0 Å². The van der Waals surface area contributed by atoms with Crippen molar-refractivity contribution in [2.45, 2.75) is 13.0 Å². The molecule has 3 aromatic carbocycles. The lowest BCUT2D eigenvalue weighted by atomic mass is 9.93. The summed E-state index contributed by atoms with van der Waals surface area (Å²) in [7, 11) is 0. The standard InChI is InChI=1S/C18H14Cl2O/c1-11-10-12(19)6-7-13(11)18(21)16-8-9-17(20)15-5-3-2-4-14(15)16/h2-10,18,21H,1H3. The zero-order chi connectivity index (χ0) is 15.0. The third kappa shape index (κ3) is 2.65. The van der Waals surface area contributed by atoms with Gasteiger partial charge >= 0.3 is 0 Å². The van der Waals surface area contributed by atoms with Gasteiger partial charge in [0.1, 0.15) is 6.10 Å². The van der Waals surface area contributed by atoms with Gasteiger partial charge in [-0.15, -0.1) is 0 Å². The number of fused-ring (bicyclic) bond motifs is 1. The molecule has 0 aliphatic carbocycles. The van der Waals surface area contributed by atoms with Crippen LogP contribution in [0.5, 0.6) is 0 Å². The number of aliphatic hydroxyl groups excluding tert-OH is 1. The maximum Gasteiger partial charge on any atom is 0.105 e. The van der Waals surface area contributed by atoms with Crippen LogP contribution in [0.15, 0.2) is 54.6 Å². The van der Waals surface area contributed by atoms with E-state index in [1.165, 1.54) is 0 Å². The molecule has 0 saturated carbocycles. The van der Waals surface area contributed by atoms with Gasteiger partial charge in [0.05, 0.1) is 0 Å². The molecule has 1 unspecified atom stereocenters. The van der Waals surface area contributed by atoms with E-state index < -0.39 is 6.10 Å². The van der Waals surface area contributed by atoms with Crippen molar-refractivity contribution in [1.82, 2.24) is 0 Å². The predicted molar refractivity (Wildman–Crippen MR) is 89.2 cm³/mol. The maximum absolute atomic E-state index is 10.8. The average Bonchev–Trinajstić information content (AvgIpc) is 2.47. The van der Waals surface area contributed by atoms with Crippen LogP contribution in [0.1, 0.15) is 22.8 Å². The second-order valence-electron chi connectivity index (χ2n) is 5.09. The number of halogens is 2. The number of rotatable bonds is 2. The Labute approximate surface area is 133 Å². The predicted octanol–water partition coefficient (Wildman–Crippen LogP) is 5.54. The van der Waals surface area contributed by atoms with E-state index in [-0.39, 0.29) is 0 Å². The number of aliphatic hydroxyl groups is 1. The smallest absolute Gasteiger partial charge is 0.105 e. The second-order valence-corrected chi connectivity index (χ2v) is 5.93. The molecule has 0 aliphatic rings. The first kappa shape index (κ1) is 14.4. The van der Waals surface area contributed by atoms with E-state index in [0.717, 1.165) is 27.5 Å². The third-order valence-corrected chi connectivity index (χ3v) is 4.29. The highest BCUT2D eigenvalue weighted by molar-refractivity contribution is 6.35. The summed E-state index contributed by atoms with van der Waals surface area (Å²) in [5.74, 6) is 0. The van der Waals surface area contributed by atoms with Crippen molar-refractivity contribution >= 4 is 34.0 Å². The monoisotopic (exact) mass is 316 g/mol. The highest BCUT2D eigenvalue weighted by Gasteiger charge is 2.16. The van der Waals surface area contributed by atoms with Gasteiger partial charge in [0.25, 0.3) is 0 Å². The summed E-state index contributed by atoms with van der Waals surface area (Å²) in [5, 5.41) is 14.0. The summed E-state index contributed by atoms with van der Waals surface area (Å²) in [4.78, 5) is 0. The number of hydrogen-bond donors (Lipinski definition) is 1. The molecule has 106 valence electrons. The Morgan fingerprint density at radius 3 is 2.24 bits per heavy atom. The van der Waals surface area contributed by atoms with Gasteiger partial charge in [-0.05, 0) is 47.2 Å². The molecule has 1 atom stereocenters. The molecule has 0 aromatic heterocycles. The highest BCUT2D eigenvalue weighted by Crippen LogP contribution is 2.34. The van der Waals surface area contributed by atoms with Crippen molar-refractivity contribution in [2.24, 2.45) is 0 Å². The van der Waals surface area contributed by atoms with Gasteiger partial charge in [-0.1, -0.05) is 59.6 Å². The Morgan fingerprint density at radius 2 is 1.52 bits per heavy atom. The van der Waals surface area contributed by atoms with Crippen molar-refractivity contribution < 1.29 is 5.11 Å². The first-order chi connectivity index (χ1) is 10.1. The Morgan fingerprint density at radius 1 is 0.857 bits per heavy atom. The molecule has 1 nitrogen and oxygen atoms in total. The summed E-state index contributed by atoms with van der Waals surface area (Å²) < 4.78 is 0. The van der Waals surface area contributed by atoms with Gasteiger partial charge in [-0.25, -0.2) is 0 Å². The van der Waals surface area contributed by atoms with Crippen LogP contribution in [0.3, 0.4) is 0 Å². The quantitative estimate of drug-likeness (QED) is 0.658. The molecular weight excluding hydrogens is 303 g/mol. The molecule has 0 bridgehead atoms. The Hall–Kier alpha value is -1.54. The van der Waals surface area contributed by atoms with E-state index in [2.05, 4.69) is 0 Å². The summed E-state index contributed by atoms with van der Waals surface area (Å²) in [6.07, 6.45) is -0.704. The average molecular weight is 317 g/mol. The van der Waals surface area contributed by atoms with Crippen LogP contribution < -0.4 is 0 Å². The molecule has 1 N–H and O–H groups in total. The summed E-state index contributed by atoms with van der Waals surface area (Å²) in [6.45, 7) is 1.95. The van der Waals surface area contributed by atoms with Crippen molar-refractivity contribution in [2.75, 3.05) is 0 Å². The molecule has 3 heteroatoms. The number of aryl methyl sites for hydroxylation is 1. The zero-order valence-electron chi connectivity index (χ0n) is 11.5. The van der Waals surface area contributed by atoms with E-state index in [4.69, 9.17) is 23.2 Å². The van der Waals surface area contributed by atoms with Crippen LogP contribution in [0.4, 0.5) is 0 Å². The van der Waals surface area contributed by atoms with Gasteiger partial charge in [-0.2, -0.15) is 0 Å². The van der Waals surface area contributed by atoms with Crippen LogP contribution in [0, 0.1) is 6.92 Å². The Balaban J connectivity index is 2.18. The van der Waals surface area contributed by atoms with Crippen molar-refractivity contribution in [3.8, 4) is 0 Å². The first-order valence-corrected chi connectivity index (χ1v) is 7.45. The lowest BCUT2D eigenvalue weighted by molar-refractivity contribution is 0.221. The van der Waals surface area contributed by atoms with Crippen molar-refractivity contribution in [1.29, 1.82) is 0 Å². The third-order valence-electron chi connectivity index (χ3n) is 3.73. The molecule has 0 fully saturated rings. The molecular formula is C18H14Cl2O. The van der Waals surface area contributed by atoms with Crippen LogP contribution in [0.25, 0.3) is 10.8 Å². The minimum atomic E-state index is -0.704. The molecule has 0 aliphatic heterocycles. The van der Waals surface area contributed by atoms with Gasteiger partial charge in [-0.3, -0.25) is 0 Å². The minimum Gasteiger partial charge on any atom is -0.384 e. The molecule has 0 saturated heterocycles. The molecule has 0 heterocycles. The minimum absolute atomic E-state index is 0.671. The summed E-state index contributed by atoms with van der Waals surface area (Å²) in [6, 6.07) is 17.1. The van der Waals surface area contributed by atoms with E-state index in [1.807, 2.05) is 55.5 Å². The normalized spacial score (nSPS) is 12.6. The summed E-state index contributed by atoms with van der Waals surface area (Å²) >= 11 is 12.2. The molecule has 0 radical (unpaired) electrons. The van der Waals surface area contributed by atoms with Crippen molar-refractivity contribution in [3.05, 3.63) is 81.3 Å². The number of benzene rings is 3. The largest absolute Gasteiger partial charge is 0.384 e. The Bertz CT molecular complexity index is 811. The molecule has 21 heavy (non-hydrogen) atoms. The Kier molecular flexibility index (Phi) is 3.90. The van der Waals surface area contributed by atoms with Crippen LogP contribution in [0.2, 0.25) is 10.0 Å². The second kappa shape index (κ2) is 5.69. The zero-order valence-corrected chi connectivity index (χ0v) is 13.0. The van der Waals surface area contributed by atoms with E-state index in [9.17, 15) is 5.11 Å². The fourth-order valence-electron chi connectivity index (χ4n) is 2.64. The van der Waals surface area contributed by atoms with E-state index in [0.29, 0.717) is 10.0 Å². The van der Waals surface area contributed by atoms with E-state index >= 15 is 0 Å². The van der Waals surface area contributed by atoms with Gasteiger partial charge in [0.2, 0.25) is 0 Å². The molecule has 3 rings (SSSR count). The van der Waals surface area contributed by atoms with Gasteiger partial charge in [0, 0.05) is 15.4 Å². The van der Waals surface area contributed by atoms with Crippen molar-refractivity contribution in [3.63, 3.8) is 0 Å². The fraction of sp³-hybridized carbons (Fsp3) is 0.111. The SMILES string of the molecule is Cc1cc(Cl)ccc1C(O)c1ccc(Cl)c2ccccc12. The lowest BCUT2D eigenvalue weighted by Gasteiger charge is -2.17. The topological polar surface area (TPSA) is 20.2 Å². The molecule has 0 spiro atoms. The van der Waals surface area contributed by atoms with E-state index in [1.54, 1.807) is 6.07 Å². The lowest BCUT2D eigenvalue weighted by Crippen LogP contribution is -2.03. The highest BCUT2D eigenvalue weighted by atomic mass is 35.5. The van der Waals surface area contributed by atoms with Crippen LogP contribution in [-0.2, 0) is 0 Å². The van der Waals surface area contributed by atoms with Crippen LogP contribution >= 0.6 is 23.2 Å². The molecule has 0 amide bonds. The number of hydrogen-bond acceptors (Lipinski definition) is 1. The van der Waals surface area contributed by atoms with Gasteiger partial charge < -0.3 is 5.11 Å². The maximum atomic E-state index is 10.8. The first-order valence-electron chi connectivity index (χ1n) is 6.69. The molecule has 3 aromatic rings. The van der Waals surface area contributed by atoms with Crippen LogP contribution in [-0.4, -0.2) is 5.11 Å².